The molecule has 0 aromatic rings. The number of aliphatic carboxylic acids is 1. The van der Waals surface area contributed by atoms with E-state index < -0.39 is 11.9 Å². The number of rotatable bonds is 6. The van der Waals surface area contributed by atoms with Crippen LogP contribution in [0.25, 0.3) is 0 Å². The maximum absolute atomic E-state index is 11.7. The van der Waals surface area contributed by atoms with E-state index in [-0.39, 0.29) is 18.6 Å². The molecule has 0 fully saturated rings. The summed E-state index contributed by atoms with van der Waals surface area (Å²) >= 11 is 0. The smallest absolute Gasteiger partial charge is 0.334 e. The van der Waals surface area contributed by atoms with Crippen molar-refractivity contribution >= 4 is 11.9 Å². The lowest BCUT2D eigenvalue weighted by atomic mass is 9.85. The van der Waals surface area contributed by atoms with Crippen molar-refractivity contribution in [3.63, 3.8) is 0 Å². The van der Waals surface area contributed by atoms with Crippen LogP contribution < -0.4 is 0 Å². The second-order valence-electron chi connectivity index (χ2n) is 5.06. The van der Waals surface area contributed by atoms with Crippen LogP contribution in [0.3, 0.4) is 0 Å². The van der Waals surface area contributed by atoms with Gasteiger partial charge in [-0.15, -0.1) is 0 Å². The highest BCUT2D eigenvalue weighted by Gasteiger charge is 2.18. The molecule has 0 spiro atoms. The van der Waals surface area contributed by atoms with Gasteiger partial charge in [-0.25, -0.2) is 4.79 Å². The van der Waals surface area contributed by atoms with Crippen molar-refractivity contribution in [2.24, 2.45) is 5.92 Å². The van der Waals surface area contributed by atoms with Gasteiger partial charge < -0.3 is 9.84 Å². The third kappa shape index (κ3) is 5.03. The lowest BCUT2D eigenvalue weighted by Crippen LogP contribution is -2.12. The Morgan fingerprint density at radius 1 is 1.55 bits per heavy atom. The molecule has 0 heterocycles. The number of carbonyl (C=O) groups is 2. The third-order valence-electron chi connectivity index (χ3n) is 3.38. The van der Waals surface area contributed by atoms with E-state index >= 15 is 0 Å². The first-order valence-corrected chi connectivity index (χ1v) is 6.88. The number of esters is 1. The van der Waals surface area contributed by atoms with Crippen LogP contribution in [0, 0.1) is 5.92 Å². The molecule has 1 N–H and O–H groups in total. The summed E-state index contributed by atoms with van der Waals surface area (Å²) in [5, 5.41) is 8.87. The van der Waals surface area contributed by atoms with E-state index in [0.29, 0.717) is 5.92 Å². The molecule has 1 aliphatic rings. The van der Waals surface area contributed by atoms with Crippen molar-refractivity contribution < 1.29 is 19.4 Å². The number of allylic oxidation sites excluding steroid dienone is 4. The minimum absolute atomic E-state index is 0.208. The molecule has 0 aromatic heterocycles. The Hall–Kier alpha value is -1.84. The van der Waals surface area contributed by atoms with Crippen molar-refractivity contribution in [3.8, 4) is 0 Å². The minimum atomic E-state index is -1.03. The normalized spacial score (nSPS) is 19.2. The van der Waals surface area contributed by atoms with Crippen molar-refractivity contribution in [1.29, 1.82) is 0 Å². The van der Waals surface area contributed by atoms with Gasteiger partial charge in [-0.3, -0.25) is 4.79 Å². The molecule has 4 heteroatoms. The molecule has 0 radical (unpaired) electrons. The predicted molar refractivity (Wildman–Crippen MR) is 77.2 cm³/mol. The molecule has 0 saturated heterocycles. The van der Waals surface area contributed by atoms with Gasteiger partial charge in [0, 0.05) is 5.57 Å². The Bertz CT molecular complexity index is 457. The van der Waals surface area contributed by atoms with Crippen molar-refractivity contribution in [2.75, 3.05) is 6.61 Å². The van der Waals surface area contributed by atoms with E-state index in [1.165, 1.54) is 5.57 Å². The monoisotopic (exact) mass is 278 g/mol. The minimum Gasteiger partial charge on any atom is -0.481 e. The topological polar surface area (TPSA) is 63.6 Å². The standard InChI is InChI=1S/C16H22O4/c1-4-20-16(19)14(10-15(17)18)9-12-5-7-13(8-6-12)11(2)3/h5,9,13H,2,4,6-8,10H2,1,3H3,(H,17,18)/b14-9+/t13-/m1/s1. The van der Waals surface area contributed by atoms with Gasteiger partial charge in [-0.2, -0.15) is 0 Å². The van der Waals surface area contributed by atoms with Crippen LogP contribution in [0.2, 0.25) is 0 Å². The van der Waals surface area contributed by atoms with Crippen LogP contribution in [-0.4, -0.2) is 23.7 Å². The number of ether oxygens (including phenoxy) is 1. The molecule has 110 valence electrons. The summed E-state index contributed by atoms with van der Waals surface area (Å²) in [7, 11) is 0. The SMILES string of the molecule is C=C(C)[C@@H]1CC=C(/C=C(\CC(=O)O)C(=O)OCC)CC1. The Morgan fingerprint density at radius 2 is 2.25 bits per heavy atom. The van der Waals surface area contributed by atoms with Crippen molar-refractivity contribution in [3.05, 3.63) is 35.5 Å². The summed E-state index contributed by atoms with van der Waals surface area (Å²) in [5.74, 6) is -1.09. The second-order valence-corrected chi connectivity index (χ2v) is 5.06. The molecular formula is C16H22O4. The molecule has 20 heavy (non-hydrogen) atoms. The molecule has 0 unspecified atom stereocenters. The molecule has 1 atom stereocenters. The number of carboxylic acids is 1. The van der Waals surface area contributed by atoms with Crippen molar-refractivity contribution in [1.82, 2.24) is 0 Å². The van der Waals surface area contributed by atoms with E-state index in [1.807, 2.05) is 6.92 Å². The van der Waals surface area contributed by atoms with E-state index in [1.54, 1.807) is 13.0 Å². The summed E-state index contributed by atoms with van der Waals surface area (Å²) in [6, 6.07) is 0. The Labute approximate surface area is 119 Å². The van der Waals surface area contributed by atoms with Crippen LogP contribution in [0.4, 0.5) is 0 Å². The van der Waals surface area contributed by atoms with Crippen molar-refractivity contribution in [2.45, 2.75) is 39.5 Å². The molecule has 0 aromatic carbocycles. The van der Waals surface area contributed by atoms with Gasteiger partial charge in [-0.1, -0.05) is 23.8 Å². The van der Waals surface area contributed by atoms with Gasteiger partial charge in [0.25, 0.3) is 0 Å². The zero-order valence-electron chi connectivity index (χ0n) is 12.1. The zero-order valence-corrected chi connectivity index (χ0v) is 12.1. The zero-order chi connectivity index (χ0) is 15.1. The Balaban J connectivity index is 2.83. The summed E-state index contributed by atoms with van der Waals surface area (Å²) in [5.41, 5.74) is 2.38. The predicted octanol–water partition coefficient (Wildman–Crippen LogP) is 3.25. The lowest BCUT2D eigenvalue weighted by molar-refractivity contribution is -0.142. The highest BCUT2D eigenvalue weighted by molar-refractivity contribution is 5.94. The number of carbonyl (C=O) groups excluding carboxylic acids is 1. The summed E-state index contributed by atoms with van der Waals surface area (Å²) in [6.07, 6.45) is 6.13. The first-order valence-electron chi connectivity index (χ1n) is 6.88. The van der Waals surface area contributed by atoms with E-state index in [0.717, 1.165) is 24.8 Å². The Morgan fingerprint density at radius 3 is 2.70 bits per heavy atom. The van der Waals surface area contributed by atoms with Gasteiger partial charge in [0.1, 0.15) is 0 Å². The maximum Gasteiger partial charge on any atom is 0.334 e. The van der Waals surface area contributed by atoms with E-state index in [9.17, 15) is 9.59 Å². The quantitative estimate of drug-likeness (QED) is 0.460. The van der Waals surface area contributed by atoms with E-state index in [2.05, 4.69) is 12.7 Å². The largest absolute Gasteiger partial charge is 0.481 e. The van der Waals surface area contributed by atoms with Crippen LogP contribution in [-0.2, 0) is 14.3 Å². The highest BCUT2D eigenvalue weighted by Crippen LogP contribution is 2.29. The summed E-state index contributed by atoms with van der Waals surface area (Å²) < 4.78 is 4.89. The molecule has 4 nitrogen and oxygen atoms in total. The van der Waals surface area contributed by atoms with Crippen LogP contribution in [0.5, 0.6) is 0 Å². The molecule has 1 rings (SSSR count). The number of hydrogen-bond acceptors (Lipinski definition) is 3. The summed E-state index contributed by atoms with van der Waals surface area (Å²) in [6.45, 7) is 7.93. The van der Waals surface area contributed by atoms with Gasteiger partial charge in [0.2, 0.25) is 0 Å². The first kappa shape index (κ1) is 16.2. The lowest BCUT2D eigenvalue weighted by Gasteiger charge is -2.21. The molecule has 0 aliphatic heterocycles. The summed E-state index contributed by atoms with van der Waals surface area (Å²) in [4.78, 5) is 22.6. The fraction of sp³-hybridized carbons (Fsp3) is 0.500. The molecule has 0 bridgehead atoms. The molecule has 0 saturated carbocycles. The van der Waals surface area contributed by atoms with Gasteiger partial charge >= 0.3 is 11.9 Å². The van der Waals surface area contributed by atoms with E-state index in [4.69, 9.17) is 9.84 Å². The van der Waals surface area contributed by atoms with Gasteiger partial charge in [0.05, 0.1) is 13.0 Å². The maximum atomic E-state index is 11.7. The third-order valence-corrected chi connectivity index (χ3v) is 3.38. The fourth-order valence-electron chi connectivity index (χ4n) is 2.23. The average molecular weight is 278 g/mol. The molecule has 0 amide bonds. The fourth-order valence-corrected chi connectivity index (χ4v) is 2.23. The van der Waals surface area contributed by atoms with Crippen LogP contribution >= 0.6 is 0 Å². The second kappa shape index (κ2) is 7.68. The average Bonchev–Trinajstić information content (AvgIpc) is 2.38. The van der Waals surface area contributed by atoms with Crippen LogP contribution in [0.1, 0.15) is 39.5 Å². The highest BCUT2D eigenvalue weighted by atomic mass is 16.5. The van der Waals surface area contributed by atoms with Crippen LogP contribution in [0.15, 0.2) is 35.5 Å². The molecule has 1 aliphatic carbocycles. The number of hydrogen-bond donors (Lipinski definition) is 1. The van der Waals surface area contributed by atoms with Gasteiger partial charge in [-0.05, 0) is 45.1 Å². The number of carboxylic acid groups (broad SMARTS) is 1. The first-order chi connectivity index (χ1) is 9.43. The Kier molecular flexibility index (Phi) is 6.22. The van der Waals surface area contributed by atoms with Gasteiger partial charge in [0.15, 0.2) is 0 Å². The molecular weight excluding hydrogens is 256 g/mol.